The van der Waals surface area contributed by atoms with Gasteiger partial charge < -0.3 is 24.5 Å². The van der Waals surface area contributed by atoms with Crippen LogP contribution in [0.5, 0.6) is 5.75 Å². The van der Waals surface area contributed by atoms with Crippen LogP contribution in [0.2, 0.25) is 5.02 Å². The molecule has 0 atom stereocenters. The molecule has 8 heteroatoms. The minimum atomic E-state index is -0.700. The number of carbonyl (C=O) groups excluding carboxylic acids is 1. The molecule has 0 spiro atoms. The number of phenolic OH excluding ortho intramolecular Hbond substituents is 1. The summed E-state index contributed by atoms with van der Waals surface area (Å²) >= 11 is 6.16. The average Bonchev–Trinajstić information content (AvgIpc) is 2.74. The van der Waals surface area contributed by atoms with Crippen molar-refractivity contribution in [1.82, 2.24) is 5.32 Å². The minimum Gasteiger partial charge on any atom is -0.507 e. The molecule has 1 fully saturated rings. The first-order chi connectivity index (χ1) is 13.1. The van der Waals surface area contributed by atoms with E-state index in [1.807, 2.05) is 27.7 Å². The van der Waals surface area contributed by atoms with E-state index < -0.39 is 30.0 Å². The normalized spacial score (nSPS) is 18.7. The van der Waals surface area contributed by atoms with Crippen LogP contribution >= 0.6 is 11.6 Å². The molecule has 1 aliphatic heterocycles. The molecule has 0 aromatic heterocycles. The van der Waals surface area contributed by atoms with Gasteiger partial charge in [-0.05, 0) is 78.6 Å². The molecule has 0 bridgehead atoms. The Hall–Kier alpha value is -1.70. The highest BCUT2D eigenvalue weighted by molar-refractivity contribution is 6.56. The molecule has 2 rings (SSSR count). The third-order valence-corrected chi connectivity index (χ3v) is 5.25. The Bertz CT molecular complexity index is 798. The van der Waals surface area contributed by atoms with E-state index in [0.717, 1.165) is 0 Å². The summed E-state index contributed by atoms with van der Waals surface area (Å²) in [6, 6.07) is 3.34. The molecule has 1 aromatic rings. The van der Waals surface area contributed by atoms with Crippen LogP contribution in [0.4, 0.5) is 4.79 Å². The zero-order valence-electron chi connectivity index (χ0n) is 18.5. The van der Waals surface area contributed by atoms with E-state index in [2.05, 4.69) is 5.32 Å². The number of aryl methyl sites for hydroxylation is 1. The fraction of sp³-hybridized carbons (Fsp3) is 0.571. The number of amides is 1. The van der Waals surface area contributed by atoms with E-state index in [1.54, 1.807) is 45.9 Å². The first-order valence-corrected chi connectivity index (χ1v) is 10.0. The zero-order chi connectivity index (χ0) is 22.2. The summed E-state index contributed by atoms with van der Waals surface area (Å²) < 4.78 is 17.6. The molecule has 0 radical (unpaired) electrons. The number of halogens is 1. The summed E-state index contributed by atoms with van der Waals surface area (Å²) in [5, 5.41) is 13.7. The first-order valence-electron chi connectivity index (χ1n) is 9.63. The Morgan fingerprint density at radius 3 is 2.31 bits per heavy atom. The molecular formula is C21H31BClNO5. The van der Waals surface area contributed by atoms with Crippen molar-refractivity contribution in [1.29, 1.82) is 0 Å². The summed E-state index contributed by atoms with van der Waals surface area (Å²) in [5.74, 6) is 0.112. The molecule has 160 valence electrons. The Morgan fingerprint density at radius 2 is 1.79 bits per heavy atom. The Morgan fingerprint density at radius 1 is 1.24 bits per heavy atom. The number of ether oxygens (including phenoxy) is 1. The Labute approximate surface area is 178 Å². The van der Waals surface area contributed by atoms with Crippen molar-refractivity contribution in [3.63, 3.8) is 0 Å². The molecule has 0 aliphatic carbocycles. The van der Waals surface area contributed by atoms with Gasteiger partial charge in [-0.25, -0.2) is 4.79 Å². The van der Waals surface area contributed by atoms with Gasteiger partial charge in [0, 0.05) is 17.1 Å². The smallest absolute Gasteiger partial charge is 0.492 e. The van der Waals surface area contributed by atoms with Gasteiger partial charge in [0.2, 0.25) is 0 Å². The fourth-order valence-corrected chi connectivity index (χ4v) is 3.04. The third-order valence-electron chi connectivity index (χ3n) is 5.03. The fourth-order valence-electron chi connectivity index (χ4n) is 2.76. The van der Waals surface area contributed by atoms with Crippen LogP contribution in [-0.2, 0) is 14.0 Å². The number of benzene rings is 1. The second kappa shape index (κ2) is 8.21. The van der Waals surface area contributed by atoms with Crippen LogP contribution in [0, 0.1) is 6.92 Å². The van der Waals surface area contributed by atoms with Crippen LogP contribution in [-0.4, -0.2) is 41.7 Å². The van der Waals surface area contributed by atoms with Gasteiger partial charge >= 0.3 is 13.2 Å². The van der Waals surface area contributed by atoms with Crippen LogP contribution in [0.3, 0.4) is 0 Å². The van der Waals surface area contributed by atoms with Gasteiger partial charge in [-0.2, -0.15) is 0 Å². The lowest BCUT2D eigenvalue weighted by atomic mass is 9.77. The monoisotopic (exact) mass is 423 g/mol. The van der Waals surface area contributed by atoms with Crippen molar-refractivity contribution >= 4 is 30.9 Å². The van der Waals surface area contributed by atoms with Crippen LogP contribution < -0.4 is 5.32 Å². The van der Waals surface area contributed by atoms with Gasteiger partial charge in [-0.15, -0.1) is 0 Å². The maximum Gasteiger partial charge on any atom is 0.492 e. The molecule has 1 saturated heterocycles. The quantitative estimate of drug-likeness (QED) is 0.674. The number of hydrogen-bond donors (Lipinski definition) is 2. The molecule has 1 amide bonds. The van der Waals surface area contributed by atoms with E-state index in [-0.39, 0.29) is 12.3 Å². The number of carbonyl (C=O) groups is 1. The van der Waals surface area contributed by atoms with Crippen molar-refractivity contribution < 1.29 is 23.9 Å². The van der Waals surface area contributed by atoms with Crippen molar-refractivity contribution in [2.45, 2.75) is 72.2 Å². The summed E-state index contributed by atoms with van der Waals surface area (Å²) in [4.78, 5) is 12.1. The van der Waals surface area contributed by atoms with Crippen LogP contribution in [0.15, 0.2) is 17.6 Å². The molecular weight excluding hydrogens is 392 g/mol. The van der Waals surface area contributed by atoms with E-state index >= 15 is 0 Å². The molecule has 6 nitrogen and oxygen atoms in total. The molecule has 1 heterocycles. The van der Waals surface area contributed by atoms with Gasteiger partial charge in [0.15, 0.2) is 0 Å². The summed E-state index contributed by atoms with van der Waals surface area (Å²) in [7, 11) is -0.700. The largest absolute Gasteiger partial charge is 0.507 e. The third kappa shape index (κ3) is 5.90. The van der Waals surface area contributed by atoms with Crippen LogP contribution in [0.1, 0.15) is 59.6 Å². The topological polar surface area (TPSA) is 77.0 Å². The number of rotatable bonds is 4. The number of aromatic hydroxyl groups is 1. The van der Waals surface area contributed by atoms with E-state index in [0.29, 0.717) is 21.6 Å². The van der Waals surface area contributed by atoms with Gasteiger partial charge in [0.05, 0.1) is 11.2 Å². The number of nitrogens with one attached hydrogen (secondary N) is 1. The molecule has 2 N–H and O–H groups in total. The highest BCUT2D eigenvalue weighted by Gasteiger charge is 2.52. The highest BCUT2D eigenvalue weighted by Crippen LogP contribution is 2.39. The highest BCUT2D eigenvalue weighted by atomic mass is 35.5. The van der Waals surface area contributed by atoms with E-state index in [9.17, 15) is 9.90 Å². The van der Waals surface area contributed by atoms with Crippen molar-refractivity contribution in [3.8, 4) is 5.75 Å². The van der Waals surface area contributed by atoms with Crippen molar-refractivity contribution in [2.24, 2.45) is 0 Å². The molecule has 0 saturated carbocycles. The van der Waals surface area contributed by atoms with Gasteiger partial charge in [-0.1, -0.05) is 17.7 Å². The van der Waals surface area contributed by atoms with E-state index in [1.165, 1.54) is 0 Å². The standard InChI is InChI=1S/C21H31BClNO5/c1-13-9-16(23)11-14(17(13)25)10-15(12-24-18(26)27-19(2,3)4)22-28-20(5,6)21(7,8)29-22/h9-11,25H,12H2,1-8H3,(H,24,26). The lowest BCUT2D eigenvalue weighted by molar-refractivity contribution is 0.00578. The Kier molecular flexibility index (Phi) is 6.67. The van der Waals surface area contributed by atoms with Crippen molar-refractivity contribution in [2.75, 3.05) is 6.54 Å². The molecule has 1 aromatic carbocycles. The summed E-state index contributed by atoms with van der Waals surface area (Å²) in [5.41, 5.74) is 0.0965. The van der Waals surface area contributed by atoms with Gasteiger partial charge in [0.1, 0.15) is 11.4 Å². The SMILES string of the molecule is Cc1cc(Cl)cc(C=C(CNC(=O)OC(C)(C)C)B2OC(C)(C)C(C)(C)O2)c1O. The maximum atomic E-state index is 12.1. The minimum absolute atomic E-state index is 0.112. The van der Waals surface area contributed by atoms with Crippen LogP contribution in [0.25, 0.3) is 6.08 Å². The summed E-state index contributed by atoms with van der Waals surface area (Å²) in [6.07, 6.45) is 1.18. The molecule has 29 heavy (non-hydrogen) atoms. The number of hydrogen-bond acceptors (Lipinski definition) is 5. The second-order valence-electron chi connectivity index (χ2n) is 9.32. The molecule has 0 unspecified atom stereocenters. The second-order valence-corrected chi connectivity index (χ2v) is 9.76. The maximum absolute atomic E-state index is 12.1. The number of phenols is 1. The zero-order valence-corrected chi connectivity index (χ0v) is 19.2. The average molecular weight is 424 g/mol. The summed E-state index contributed by atoms with van der Waals surface area (Å²) in [6.45, 7) is 15.1. The predicted octanol–water partition coefficient (Wildman–Crippen LogP) is 4.89. The van der Waals surface area contributed by atoms with Gasteiger partial charge in [-0.3, -0.25) is 0 Å². The first kappa shape index (κ1) is 23.6. The molecule has 1 aliphatic rings. The number of alkyl carbamates (subject to hydrolysis) is 1. The van der Waals surface area contributed by atoms with Gasteiger partial charge in [0.25, 0.3) is 0 Å². The van der Waals surface area contributed by atoms with Crippen molar-refractivity contribution in [3.05, 3.63) is 33.8 Å². The lowest BCUT2D eigenvalue weighted by Gasteiger charge is -2.32. The lowest BCUT2D eigenvalue weighted by Crippen LogP contribution is -2.41. The predicted molar refractivity (Wildman–Crippen MR) is 116 cm³/mol. The Balaban J connectivity index is 2.35. The van der Waals surface area contributed by atoms with E-state index in [4.69, 9.17) is 25.6 Å².